The molecule has 0 aliphatic carbocycles. The Morgan fingerprint density at radius 1 is 0.957 bits per heavy atom. The summed E-state index contributed by atoms with van der Waals surface area (Å²) in [5, 5.41) is 0. The summed E-state index contributed by atoms with van der Waals surface area (Å²) in [7, 11) is -0.518. The zero-order valence-electron chi connectivity index (χ0n) is 13.9. The number of hydrogen-bond acceptors (Lipinski definition) is 4. The van der Waals surface area contributed by atoms with E-state index >= 15 is 0 Å². The largest absolute Gasteiger partial charge is 0.496 e. The number of hydrogen-bond donors (Lipinski definition) is 0. The van der Waals surface area contributed by atoms with Gasteiger partial charge in [-0.3, -0.25) is 9.78 Å². The first-order valence-electron chi connectivity index (χ1n) is 7.70. The van der Waals surface area contributed by atoms with Gasteiger partial charge in [-0.1, -0.05) is 30.3 Å². The van der Waals surface area contributed by atoms with Crippen LogP contribution < -0.4 is 5.46 Å². The van der Waals surface area contributed by atoms with Gasteiger partial charge in [0.2, 0.25) is 0 Å². The predicted octanol–water partition coefficient (Wildman–Crippen LogP) is 2.61. The van der Waals surface area contributed by atoms with Crippen LogP contribution in [0.25, 0.3) is 0 Å². The smallest absolute Gasteiger partial charge is 0.399 e. The van der Waals surface area contributed by atoms with Crippen LogP contribution in [0.3, 0.4) is 0 Å². The van der Waals surface area contributed by atoms with Gasteiger partial charge in [-0.25, -0.2) is 0 Å². The molecule has 2 aromatic rings. The van der Waals surface area contributed by atoms with E-state index in [1.54, 1.807) is 30.6 Å². The molecule has 0 unspecified atom stereocenters. The highest BCUT2D eigenvalue weighted by molar-refractivity contribution is 6.62. The van der Waals surface area contributed by atoms with E-state index in [0.29, 0.717) is 11.1 Å². The minimum absolute atomic E-state index is 0.0588. The van der Waals surface area contributed by atoms with Crippen LogP contribution >= 0.6 is 0 Å². The minimum atomic E-state index is -0.518. The Hall–Kier alpha value is -1.98. The lowest BCUT2D eigenvalue weighted by Crippen LogP contribution is -2.41. The second-order valence-electron chi connectivity index (χ2n) is 6.79. The molecule has 0 atom stereocenters. The van der Waals surface area contributed by atoms with E-state index in [1.165, 1.54) is 0 Å². The van der Waals surface area contributed by atoms with E-state index in [-0.39, 0.29) is 5.78 Å². The van der Waals surface area contributed by atoms with Crippen LogP contribution in [0, 0.1) is 0 Å². The van der Waals surface area contributed by atoms with Gasteiger partial charge in [0, 0.05) is 29.0 Å². The highest BCUT2D eigenvalue weighted by Crippen LogP contribution is 2.36. The van der Waals surface area contributed by atoms with Crippen molar-refractivity contribution in [3.05, 3.63) is 59.9 Å². The molecule has 1 fully saturated rings. The third-order valence-electron chi connectivity index (χ3n) is 4.58. The van der Waals surface area contributed by atoms with E-state index in [4.69, 9.17) is 9.31 Å². The molecule has 1 aliphatic rings. The lowest BCUT2D eigenvalue weighted by atomic mass is 9.79. The Bertz CT molecular complexity index is 712. The molecular formula is C18H20BNO3. The van der Waals surface area contributed by atoms with Crippen LogP contribution in [0.15, 0.2) is 48.8 Å². The number of aromatic nitrogens is 1. The van der Waals surface area contributed by atoms with Gasteiger partial charge in [0.15, 0.2) is 5.78 Å². The lowest BCUT2D eigenvalue weighted by molar-refractivity contribution is 0.00578. The molecule has 4 nitrogen and oxygen atoms in total. The van der Waals surface area contributed by atoms with E-state index in [9.17, 15) is 4.79 Å². The number of benzene rings is 1. The predicted molar refractivity (Wildman–Crippen MR) is 89.8 cm³/mol. The number of carbonyl (C=O) groups is 1. The van der Waals surface area contributed by atoms with Crippen molar-refractivity contribution >= 4 is 18.4 Å². The van der Waals surface area contributed by atoms with E-state index in [0.717, 1.165) is 5.46 Å². The number of ketones is 1. The topological polar surface area (TPSA) is 48.4 Å². The molecule has 118 valence electrons. The first kappa shape index (κ1) is 15.9. The van der Waals surface area contributed by atoms with Crippen LogP contribution in [0.5, 0.6) is 0 Å². The number of nitrogens with zero attached hydrogens (tertiary/aromatic N) is 1. The maximum Gasteiger partial charge on any atom is 0.496 e. The molecule has 0 spiro atoms. The Kier molecular flexibility index (Phi) is 3.86. The molecule has 1 aromatic heterocycles. The summed E-state index contributed by atoms with van der Waals surface area (Å²) in [6.45, 7) is 8.00. The van der Waals surface area contributed by atoms with E-state index < -0.39 is 18.3 Å². The maximum atomic E-state index is 12.5. The standard InChI is InChI=1S/C18H20BNO3/c1-17(2)18(3,4)23-19(22-17)15-10-14(11-20-12-15)16(21)13-8-6-5-7-9-13/h5-12H,1-4H3. The first-order chi connectivity index (χ1) is 10.8. The fourth-order valence-corrected chi connectivity index (χ4v) is 2.45. The van der Waals surface area contributed by atoms with E-state index in [2.05, 4.69) is 4.98 Å². The first-order valence-corrected chi connectivity index (χ1v) is 7.70. The zero-order valence-corrected chi connectivity index (χ0v) is 13.9. The third-order valence-corrected chi connectivity index (χ3v) is 4.58. The summed E-state index contributed by atoms with van der Waals surface area (Å²) < 4.78 is 12.0. The average Bonchev–Trinajstić information content (AvgIpc) is 2.76. The number of carbonyl (C=O) groups excluding carboxylic acids is 1. The van der Waals surface area contributed by atoms with Gasteiger partial charge >= 0.3 is 7.12 Å². The van der Waals surface area contributed by atoms with Gasteiger partial charge < -0.3 is 9.31 Å². The molecule has 1 aliphatic heterocycles. The Morgan fingerprint density at radius 2 is 1.57 bits per heavy atom. The van der Waals surface area contributed by atoms with Gasteiger partial charge in [0.1, 0.15) is 0 Å². The molecule has 0 bridgehead atoms. The molecule has 1 aromatic carbocycles. The summed E-state index contributed by atoms with van der Waals surface area (Å²) in [5.74, 6) is -0.0588. The normalized spacial score (nSPS) is 18.9. The van der Waals surface area contributed by atoms with Crippen molar-refractivity contribution in [3.8, 4) is 0 Å². The van der Waals surface area contributed by atoms with Gasteiger partial charge in [0.05, 0.1) is 11.2 Å². The summed E-state index contributed by atoms with van der Waals surface area (Å²) in [6.07, 6.45) is 3.26. The molecule has 5 heteroatoms. The monoisotopic (exact) mass is 309 g/mol. The van der Waals surface area contributed by atoms with Gasteiger partial charge in [0.25, 0.3) is 0 Å². The molecule has 0 radical (unpaired) electrons. The van der Waals surface area contributed by atoms with Crippen LogP contribution in [-0.2, 0) is 9.31 Å². The molecular weight excluding hydrogens is 289 g/mol. The van der Waals surface area contributed by atoms with E-state index in [1.807, 2.05) is 45.9 Å². The average molecular weight is 309 g/mol. The highest BCUT2D eigenvalue weighted by atomic mass is 16.7. The van der Waals surface area contributed by atoms with Crippen molar-refractivity contribution in [2.45, 2.75) is 38.9 Å². The molecule has 23 heavy (non-hydrogen) atoms. The summed E-state index contributed by atoms with van der Waals surface area (Å²) in [6, 6.07) is 11.0. The number of pyridine rings is 1. The van der Waals surface area contributed by atoms with Crippen molar-refractivity contribution in [2.24, 2.45) is 0 Å². The van der Waals surface area contributed by atoms with Gasteiger partial charge in [-0.15, -0.1) is 0 Å². The SMILES string of the molecule is CC1(C)OB(c2cncc(C(=O)c3ccccc3)c2)OC1(C)C. The highest BCUT2D eigenvalue weighted by Gasteiger charge is 2.51. The fourth-order valence-electron chi connectivity index (χ4n) is 2.45. The number of rotatable bonds is 3. The maximum absolute atomic E-state index is 12.5. The van der Waals surface area contributed by atoms with Crippen molar-refractivity contribution < 1.29 is 14.1 Å². The third kappa shape index (κ3) is 2.94. The summed E-state index contributed by atoms with van der Waals surface area (Å²) in [4.78, 5) is 16.7. The molecule has 3 rings (SSSR count). The quantitative estimate of drug-likeness (QED) is 0.646. The Morgan fingerprint density at radius 3 is 2.17 bits per heavy atom. The molecule has 0 N–H and O–H groups in total. The summed E-state index contributed by atoms with van der Waals surface area (Å²) in [5.41, 5.74) is 1.09. The zero-order chi connectivity index (χ0) is 16.7. The summed E-state index contributed by atoms with van der Waals surface area (Å²) >= 11 is 0. The van der Waals surface area contributed by atoms with Crippen molar-refractivity contribution in [1.82, 2.24) is 4.98 Å². The van der Waals surface area contributed by atoms with Gasteiger partial charge in [-0.2, -0.15) is 0 Å². The second-order valence-corrected chi connectivity index (χ2v) is 6.79. The van der Waals surface area contributed by atoms with Crippen LogP contribution in [0.1, 0.15) is 43.6 Å². The van der Waals surface area contributed by atoms with Crippen molar-refractivity contribution in [3.63, 3.8) is 0 Å². The van der Waals surface area contributed by atoms with Crippen LogP contribution in [0.4, 0.5) is 0 Å². The van der Waals surface area contributed by atoms with Crippen LogP contribution in [-0.4, -0.2) is 29.1 Å². The lowest BCUT2D eigenvalue weighted by Gasteiger charge is -2.32. The Labute approximate surface area is 137 Å². The fraction of sp³-hybridized carbons (Fsp3) is 0.333. The van der Waals surface area contributed by atoms with Crippen molar-refractivity contribution in [1.29, 1.82) is 0 Å². The van der Waals surface area contributed by atoms with Crippen LogP contribution in [0.2, 0.25) is 0 Å². The molecule has 0 saturated carbocycles. The molecule has 0 amide bonds. The van der Waals surface area contributed by atoms with Crippen molar-refractivity contribution in [2.75, 3.05) is 0 Å². The second kappa shape index (κ2) is 5.58. The van der Waals surface area contributed by atoms with Gasteiger partial charge in [-0.05, 0) is 33.8 Å². The Balaban J connectivity index is 1.89. The molecule has 1 saturated heterocycles. The minimum Gasteiger partial charge on any atom is -0.399 e. The molecule has 2 heterocycles.